The first-order valence-corrected chi connectivity index (χ1v) is 7.92. The van der Waals surface area contributed by atoms with Crippen LogP contribution < -0.4 is 5.32 Å². The van der Waals surface area contributed by atoms with Crippen LogP contribution in [0.25, 0.3) is 0 Å². The van der Waals surface area contributed by atoms with Crippen molar-refractivity contribution in [2.45, 2.75) is 58.8 Å². The zero-order valence-electron chi connectivity index (χ0n) is 12.5. The Balaban J connectivity index is 1.90. The molecule has 19 heavy (non-hydrogen) atoms. The number of hydrogen-bond donors (Lipinski definition) is 2. The number of hydrogen-bond acceptors (Lipinski definition) is 2. The van der Waals surface area contributed by atoms with Crippen LogP contribution in [0.15, 0.2) is 0 Å². The number of rotatable bonds is 6. The molecule has 110 valence electrons. The minimum absolute atomic E-state index is 0.00728. The van der Waals surface area contributed by atoms with Gasteiger partial charge in [0.1, 0.15) is 0 Å². The van der Waals surface area contributed by atoms with E-state index >= 15 is 0 Å². The summed E-state index contributed by atoms with van der Waals surface area (Å²) < 4.78 is 0. The lowest BCUT2D eigenvalue weighted by molar-refractivity contribution is -0.140. The molecule has 0 aromatic heterocycles. The number of aliphatic carboxylic acids is 1. The minimum atomic E-state index is -0.633. The van der Waals surface area contributed by atoms with Gasteiger partial charge in [-0.25, -0.2) is 0 Å². The number of nitrogens with one attached hydrogen (secondary N) is 1. The first-order chi connectivity index (χ1) is 8.99. The zero-order valence-corrected chi connectivity index (χ0v) is 12.5. The number of carboxylic acids is 1. The summed E-state index contributed by atoms with van der Waals surface area (Å²) in [6.07, 6.45) is 7.81. The summed E-state index contributed by atoms with van der Waals surface area (Å²) in [6.45, 7) is 6.53. The van der Waals surface area contributed by atoms with E-state index in [-0.39, 0.29) is 5.41 Å². The fraction of sp³-hybridized carbons (Fsp3) is 0.938. The summed E-state index contributed by atoms with van der Waals surface area (Å²) in [5, 5.41) is 12.8. The molecule has 3 atom stereocenters. The Hall–Kier alpha value is -0.570. The summed E-state index contributed by atoms with van der Waals surface area (Å²) >= 11 is 0. The van der Waals surface area contributed by atoms with E-state index in [2.05, 4.69) is 19.2 Å². The molecule has 1 unspecified atom stereocenters. The molecule has 2 aliphatic rings. The van der Waals surface area contributed by atoms with E-state index in [0.717, 1.165) is 31.8 Å². The Morgan fingerprint density at radius 1 is 1.26 bits per heavy atom. The van der Waals surface area contributed by atoms with Crippen LogP contribution in [0, 0.1) is 23.2 Å². The van der Waals surface area contributed by atoms with E-state index in [4.69, 9.17) is 0 Å². The van der Waals surface area contributed by atoms with Crippen molar-refractivity contribution in [3.63, 3.8) is 0 Å². The summed E-state index contributed by atoms with van der Waals surface area (Å²) in [5.41, 5.74) is -0.00728. The molecule has 0 aliphatic heterocycles. The molecule has 2 N–H and O–H groups in total. The van der Waals surface area contributed by atoms with Crippen LogP contribution in [0.3, 0.4) is 0 Å². The molecule has 0 aromatic carbocycles. The molecule has 2 rings (SSSR count). The van der Waals surface area contributed by atoms with E-state index in [1.807, 2.05) is 0 Å². The summed E-state index contributed by atoms with van der Waals surface area (Å²) in [7, 11) is 0. The second-order valence-electron chi connectivity index (χ2n) is 7.35. The van der Waals surface area contributed by atoms with E-state index in [9.17, 15) is 9.90 Å². The molecule has 0 amide bonds. The van der Waals surface area contributed by atoms with Crippen molar-refractivity contribution in [2.24, 2.45) is 23.2 Å². The maximum atomic E-state index is 11.2. The third kappa shape index (κ3) is 4.20. The lowest BCUT2D eigenvalue weighted by Gasteiger charge is -2.43. The van der Waals surface area contributed by atoms with Crippen LogP contribution in [-0.4, -0.2) is 24.2 Å². The van der Waals surface area contributed by atoms with Crippen molar-refractivity contribution in [1.82, 2.24) is 5.32 Å². The highest BCUT2D eigenvalue weighted by Gasteiger charge is 2.39. The van der Waals surface area contributed by atoms with Gasteiger partial charge in [-0.15, -0.1) is 0 Å². The molecule has 0 heterocycles. The van der Waals surface area contributed by atoms with E-state index in [1.54, 1.807) is 0 Å². The molecule has 3 nitrogen and oxygen atoms in total. The quantitative estimate of drug-likeness (QED) is 0.776. The summed E-state index contributed by atoms with van der Waals surface area (Å²) in [4.78, 5) is 11.2. The van der Waals surface area contributed by atoms with Gasteiger partial charge in [-0.3, -0.25) is 4.79 Å². The predicted molar refractivity (Wildman–Crippen MR) is 77.1 cm³/mol. The molecule has 2 aliphatic carbocycles. The van der Waals surface area contributed by atoms with Crippen molar-refractivity contribution >= 4 is 5.97 Å². The predicted octanol–water partition coefficient (Wildman–Crippen LogP) is 3.29. The normalized spacial score (nSPS) is 35.9. The molecule has 0 spiro atoms. The van der Waals surface area contributed by atoms with Gasteiger partial charge in [-0.2, -0.15) is 0 Å². The van der Waals surface area contributed by atoms with Crippen LogP contribution in [0.2, 0.25) is 0 Å². The Labute approximate surface area is 117 Å². The minimum Gasteiger partial charge on any atom is -0.481 e. The van der Waals surface area contributed by atoms with Gasteiger partial charge in [0.2, 0.25) is 0 Å². The fourth-order valence-corrected chi connectivity index (χ4v) is 4.33. The maximum Gasteiger partial charge on any atom is 0.303 e. The van der Waals surface area contributed by atoms with Crippen LogP contribution in [0.4, 0.5) is 0 Å². The smallest absolute Gasteiger partial charge is 0.303 e. The lowest BCUT2D eigenvalue weighted by Crippen LogP contribution is -2.43. The summed E-state index contributed by atoms with van der Waals surface area (Å²) in [6, 6.07) is 0. The molecule has 3 heteroatoms. The van der Waals surface area contributed by atoms with Crippen LogP contribution in [0.1, 0.15) is 58.8 Å². The number of carboxylic acid groups (broad SMARTS) is 1. The third-order valence-electron chi connectivity index (χ3n) is 5.05. The second-order valence-corrected chi connectivity index (χ2v) is 7.35. The molecule has 0 radical (unpaired) electrons. The van der Waals surface area contributed by atoms with E-state index < -0.39 is 5.97 Å². The highest BCUT2D eigenvalue weighted by Crippen LogP contribution is 2.44. The van der Waals surface area contributed by atoms with Gasteiger partial charge in [0.05, 0.1) is 6.42 Å². The summed E-state index contributed by atoms with van der Waals surface area (Å²) in [5.74, 6) is 1.54. The van der Waals surface area contributed by atoms with Gasteiger partial charge in [-0.05, 0) is 61.8 Å². The van der Waals surface area contributed by atoms with Crippen molar-refractivity contribution in [1.29, 1.82) is 0 Å². The molecule has 2 saturated carbocycles. The van der Waals surface area contributed by atoms with Gasteiger partial charge >= 0.3 is 5.97 Å². The molecule has 0 aromatic rings. The van der Waals surface area contributed by atoms with Crippen LogP contribution in [0.5, 0.6) is 0 Å². The van der Waals surface area contributed by atoms with Gasteiger partial charge in [0.25, 0.3) is 0 Å². The van der Waals surface area contributed by atoms with Gasteiger partial charge < -0.3 is 10.4 Å². The molecule has 0 saturated heterocycles. The average molecular weight is 267 g/mol. The monoisotopic (exact) mass is 267 g/mol. The first-order valence-electron chi connectivity index (χ1n) is 7.92. The highest BCUT2D eigenvalue weighted by molar-refractivity contribution is 5.67. The van der Waals surface area contributed by atoms with Crippen molar-refractivity contribution in [3.8, 4) is 0 Å². The molecular weight excluding hydrogens is 238 g/mol. The SMILES string of the molecule is C[C@@H]1C[C@H](C)CC(CNCC2CCC2)(CC(=O)O)C1. The first kappa shape index (κ1) is 14.8. The second kappa shape index (κ2) is 6.25. The largest absolute Gasteiger partial charge is 0.481 e. The Morgan fingerprint density at radius 3 is 2.37 bits per heavy atom. The third-order valence-corrected chi connectivity index (χ3v) is 5.05. The topological polar surface area (TPSA) is 49.3 Å². The number of carbonyl (C=O) groups is 1. The van der Waals surface area contributed by atoms with Gasteiger partial charge in [-0.1, -0.05) is 20.3 Å². The van der Waals surface area contributed by atoms with Crippen molar-refractivity contribution in [3.05, 3.63) is 0 Å². The zero-order chi connectivity index (χ0) is 13.9. The van der Waals surface area contributed by atoms with Crippen LogP contribution >= 0.6 is 0 Å². The van der Waals surface area contributed by atoms with Crippen molar-refractivity contribution in [2.75, 3.05) is 13.1 Å². The average Bonchev–Trinajstić information content (AvgIpc) is 2.18. The Morgan fingerprint density at radius 2 is 1.89 bits per heavy atom. The van der Waals surface area contributed by atoms with E-state index in [0.29, 0.717) is 18.3 Å². The molecule has 0 bridgehead atoms. The maximum absolute atomic E-state index is 11.2. The van der Waals surface area contributed by atoms with Crippen molar-refractivity contribution < 1.29 is 9.90 Å². The molecule has 2 fully saturated rings. The standard InChI is InChI=1S/C16H29NO2/c1-12-6-13(2)8-16(7-12,9-15(18)19)11-17-10-14-4-3-5-14/h12-14,17H,3-11H2,1-2H3,(H,18,19)/t12-,13+,16?. The Bertz CT molecular complexity index is 302. The fourth-order valence-electron chi connectivity index (χ4n) is 4.33. The van der Waals surface area contributed by atoms with E-state index in [1.165, 1.54) is 25.7 Å². The molecular formula is C16H29NO2. The lowest BCUT2D eigenvalue weighted by atomic mass is 9.64. The van der Waals surface area contributed by atoms with Crippen LogP contribution in [-0.2, 0) is 4.79 Å². The highest BCUT2D eigenvalue weighted by atomic mass is 16.4. The Kier molecular flexibility index (Phi) is 4.88. The van der Waals surface area contributed by atoms with Gasteiger partial charge in [0.15, 0.2) is 0 Å². The van der Waals surface area contributed by atoms with Gasteiger partial charge in [0, 0.05) is 6.54 Å².